The zero-order chi connectivity index (χ0) is 16.4. The molecule has 1 aliphatic heterocycles. The Bertz CT molecular complexity index is 725. The summed E-state index contributed by atoms with van der Waals surface area (Å²) in [5, 5.41) is 6.07. The first-order valence-electron chi connectivity index (χ1n) is 8.75. The molecule has 126 valence electrons. The minimum atomic E-state index is -0.0958. The van der Waals surface area contributed by atoms with Gasteiger partial charge in [-0.15, -0.1) is 0 Å². The van der Waals surface area contributed by atoms with Crippen molar-refractivity contribution in [3.05, 3.63) is 53.5 Å². The Morgan fingerprint density at radius 1 is 1.25 bits per heavy atom. The number of nitrogens with one attached hydrogen (secondary N) is 2. The van der Waals surface area contributed by atoms with Crippen molar-refractivity contribution < 1.29 is 9.21 Å². The third-order valence-electron chi connectivity index (χ3n) is 5.01. The van der Waals surface area contributed by atoms with Gasteiger partial charge < -0.3 is 20.0 Å². The molecule has 0 radical (unpaired) electrons. The fourth-order valence-corrected chi connectivity index (χ4v) is 3.79. The van der Waals surface area contributed by atoms with Crippen LogP contribution in [0.2, 0.25) is 0 Å². The first kappa shape index (κ1) is 15.1. The molecule has 5 heteroatoms. The third kappa shape index (κ3) is 2.98. The molecule has 0 saturated heterocycles. The first-order chi connectivity index (χ1) is 11.8. The van der Waals surface area contributed by atoms with Crippen LogP contribution in [0.3, 0.4) is 0 Å². The molecule has 0 fully saturated rings. The lowest BCUT2D eigenvalue weighted by Crippen LogP contribution is -2.42. The maximum atomic E-state index is 12.2. The number of carbonyl (C=O) groups excluding carboxylic acids is 1. The second-order valence-electron chi connectivity index (χ2n) is 6.51. The molecule has 2 amide bonds. The lowest BCUT2D eigenvalue weighted by molar-refractivity contribution is 0.235. The van der Waals surface area contributed by atoms with Crippen molar-refractivity contribution in [3.8, 4) is 0 Å². The fraction of sp³-hybridized carbons (Fsp3) is 0.421. The van der Waals surface area contributed by atoms with Gasteiger partial charge in [0.1, 0.15) is 5.76 Å². The van der Waals surface area contributed by atoms with Crippen molar-refractivity contribution in [2.24, 2.45) is 0 Å². The van der Waals surface area contributed by atoms with Crippen LogP contribution in [0.5, 0.6) is 0 Å². The Balaban J connectivity index is 1.27. The molecule has 1 aromatic heterocycles. The third-order valence-corrected chi connectivity index (χ3v) is 5.01. The minimum Gasteiger partial charge on any atom is -0.469 e. The lowest BCUT2D eigenvalue weighted by Gasteiger charge is -2.24. The van der Waals surface area contributed by atoms with Gasteiger partial charge in [0.2, 0.25) is 0 Å². The lowest BCUT2D eigenvalue weighted by atomic mass is 9.93. The number of aryl methyl sites for hydroxylation is 1. The van der Waals surface area contributed by atoms with E-state index < -0.39 is 0 Å². The molecule has 0 spiro atoms. The molecule has 1 aromatic carbocycles. The number of rotatable bonds is 4. The normalized spacial score (nSPS) is 18.8. The molecule has 2 aliphatic rings. The summed E-state index contributed by atoms with van der Waals surface area (Å²) >= 11 is 0. The number of amides is 2. The van der Waals surface area contributed by atoms with E-state index in [4.69, 9.17) is 4.42 Å². The van der Waals surface area contributed by atoms with E-state index in [1.165, 1.54) is 11.3 Å². The van der Waals surface area contributed by atoms with Gasteiger partial charge in [-0.05, 0) is 37.0 Å². The molecule has 0 saturated carbocycles. The van der Waals surface area contributed by atoms with Crippen LogP contribution in [0.15, 0.2) is 41.0 Å². The van der Waals surface area contributed by atoms with Crippen molar-refractivity contribution in [2.75, 3.05) is 24.5 Å². The summed E-state index contributed by atoms with van der Waals surface area (Å²) in [6.45, 7) is 2.51. The molecule has 5 nitrogen and oxygen atoms in total. The van der Waals surface area contributed by atoms with Crippen LogP contribution in [-0.2, 0) is 12.8 Å². The van der Waals surface area contributed by atoms with Crippen molar-refractivity contribution in [2.45, 2.75) is 31.7 Å². The second kappa shape index (κ2) is 6.59. The van der Waals surface area contributed by atoms with E-state index in [1.807, 2.05) is 6.07 Å². The zero-order valence-electron chi connectivity index (χ0n) is 13.8. The summed E-state index contributed by atoms with van der Waals surface area (Å²) in [6.07, 6.45) is 5.80. The highest BCUT2D eigenvalue weighted by Gasteiger charge is 2.24. The van der Waals surface area contributed by atoms with Crippen molar-refractivity contribution in [3.63, 3.8) is 0 Å². The Hall–Kier alpha value is -2.43. The largest absolute Gasteiger partial charge is 0.469 e. The highest BCUT2D eigenvalue weighted by molar-refractivity contribution is 5.74. The molecule has 24 heavy (non-hydrogen) atoms. The summed E-state index contributed by atoms with van der Waals surface area (Å²) < 4.78 is 5.47. The monoisotopic (exact) mass is 325 g/mol. The molecule has 1 atom stereocenters. The van der Waals surface area contributed by atoms with E-state index in [2.05, 4.69) is 39.8 Å². The van der Waals surface area contributed by atoms with Crippen LogP contribution in [0.4, 0.5) is 10.5 Å². The minimum absolute atomic E-state index is 0.0695. The predicted octanol–water partition coefficient (Wildman–Crippen LogP) is 3.02. The molecule has 2 aromatic rings. The molecular weight excluding hydrogens is 302 g/mol. The average Bonchev–Trinajstić information content (AvgIpc) is 3.23. The van der Waals surface area contributed by atoms with Gasteiger partial charge in [-0.2, -0.15) is 0 Å². The van der Waals surface area contributed by atoms with Crippen LogP contribution in [0, 0.1) is 0 Å². The summed E-state index contributed by atoms with van der Waals surface area (Å²) in [5.41, 5.74) is 3.83. The second-order valence-corrected chi connectivity index (χ2v) is 6.51. The maximum absolute atomic E-state index is 12.2. The molecule has 2 N–H and O–H groups in total. The zero-order valence-corrected chi connectivity index (χ0v) is 13.8. The number of para-hydroxylation sites is 1. The van der Waals surface area contributed by atoms with Crippen LogP contribution >= 0.6 is 0 Å². The van der Waals surface area contributed by atoms with E-state index in [1.54, 1.807) is 6.26 Å². The van der Waals surface area contributed by atoms with Gasteiger partial charge in [0.25, 0.3) is 0 Å². The highest BCUT2D eigenvalue weighted by Crippen LogP contribution is 2.30. The number of anilines is 1. The SMILES string of the molecule is O=C(NCCN1CCc2ccccc21)N[C@H]1CCCc2occc21. The summed E-state index contributed by atoms with van der Waals surface area (Å²) in [5.74, 6) is 1.01. The highest BCUT2D eigenvalue weighted by atomic mass is 16.3. The number of urea groups is 1. The number of hydrogen-bond acceptors (Lipinski definition) is 3. The van der Waals surface area contributed by atoms with Crippen LogP contribution in [0.25, 0.3) is 0 Å². The van der Waals surface area contributed by atoms with E-state index in [9.17, 15) is 4.79 Å². The molecular formula is C19H23N3O2. The standard InChI is InChI=1S/C19H23N3O2/c23-19(21-16-5-3-7-18-15(16)9-13-24-18)20-10-12-22-11-8-14-4-1-2-6-17(14)22/h1-2,4,6,9,13,16H,3,5,7-8,10-12H2,(H2,20,21,23)/t16-/m0/s1. The molecule has 0 bridgehead atoms. The smallest absolute Gasteiger partial charge is 0.315 e. The first-order valence-corrected chi connectivity index (χ1v) is 8.75. The Morgan fingerprint density at radius 3 is 3.12 bits per heavy atom. The summed E-state index contributed by atoms with van der Waals surface area (Å²) in [6, 6.07) is 10.4. The number of hydrogen-bond donors (Lipinski definition) is 2. The molecule has 4 rings (SSSR count). The van der Waals surface area contributed by atoms with Crippen LogP contribution < -0.4 is 15.5 Å². The topological polar surface area (TPSA) is 57.5 Å². The number of furan rings is 1. The number of carbonyl (C=O) groups is 1. The quantitative estimate of drug-likeness (QED) is 0.908. The molecule has 2 heterocycles. The Morgan fingerprint density at radius 2 is 2.17 bits per heavy atom. The molecule has 1 aliphatic carbocycles. The van der Waals surface area contributed by atoms with Gasteiger partial charge in [0, 0.05) is 37.3 Å². The number of benzene rings is 1. The van der Waals surface area contributed by atoms with Gasteiger partial charge in [-0.3, -0.25) is 0 Å². The Kier molecular flexibility index (Phi) is 4.15. The fourth-order valence-electron chi connectivity index (χ4n) is 3.79. The van der Waals surface area contributed by atoms with Gasteiger partial charge in [0.05, 0.1) is 12.3 Å². The summed E-state index contributed by atoms with van der Waals surface area (Å²) in [7, 11) is 0. The van der Waals surface area contributed by atoms with E-state index in [0.717, 1.165) is 50.1 Å². The van der Waals surface area contributed by atoms with Crippen LogP contribution in [0.1, 0.15) is 35.8 Å². The number of nitrogens with zero attached hydrogens (tertiary/aromatic N) is 1. The predicted molar refractivity (Wildman–Crippen MR) is 93.3 cm³/mol. The Labute approximate surface area is 142 Å². The van der Waals surface area contributed by atoms with Crippen LogP contribution in [-0.4, -0.2) is 25.7 Å². The van der Waals surface area contributed by atoms with E-state index in [-0.39, 0.29) is 12.1 Å². The van der Waals surface area contributed by atoms with Crippen molar-refractivity contribution in [1.29, 1.82) is 0 Å². The van der Waals surface area contributed by atoms with Crippen molar-refractivity contribution >= 4 is 11.7 Å². The van der Waals surface area contributed by atoms with Gasteiger partial charge in [-0.25, -0.2) is 4.79 Å². The van der Waals surface area contributed by atoms with Gasteiger partial charge >= 0.3 is 6.03 Å². The van der Waals surface area contributed by atoms with E-state index >= 15 is 0 Å². The van der Waals surface area contributed by atoms with E-state index in [0.29, 0.717) is 6.54 Å². The van der Waals surface area contributed by atoms with Gasteiger partial charge in [-0.1, -0.05) is 18.2 Å². The summed E-state index contributed by atoms with van der Waals surface area (Å²) in [4.78, 5) is 14.5. The maximum Gasteiger partial charge on any atom is 0.315 e. The number of fused-ring (bicyclic) bond motifs is 2. The van der Waals surface area contributed by atoms with Gasteiger partial charge in [0.15, 0.2) is 0 Å². The average molecular weight is 325 g/mol. The molecule has 0 unspecified atom stereocenters. The van der Waals surface area contributed by atoms with Crippen molar-refractivity contribution in [1.82, 2.24) is 10.6 Å².